The van der Waals surface area contributed by atoms with Crippen molar-refractivity contribution in [1.29, 1.82) is 0 Å². The number of nitrogens with two attached hydrogens (primary N) is 1. The van der Waals surface area contributed by atoms with Crippen molar-refractivity contribution >= 4 is 27.0 Å². The molecule has 1 atom stereocenters. The van der Waals surface area contributed by atoms with E-state index in [1.807, 2.05) is 12.1 Å². The molecule has 1 unspecified atom stereocenters. The summed E-state index contributed by atoms with van der Waals surface area (Å²) in [7, 11) is -3.69. The monoisotopic (exact) mass is 322 g/mol. The lowest BCUT2D eigenvalue weighted by Crippen LogP contribution is -2.15. The number of primary sulfonamides is 1. The summed E-state index contributed by atoms with van der Waals surface area (Å²) in [4.78, 5) is 1.48. The van der Waals surface area contributed by atoms with E-state index < -0.39 is 10.0 Å². The molecule has 1 aliphatic rings. The molecule has 0 spiro atoms. The molecule has 2 aromatic rings. The molecule has 1 aromatic heterocycles. The van der Waals surface area contributed by atoms with E-state index in [4.69, 9.17) is 5.14 Å². The Balaban J connectivity index is 1.90. The van der Waals surface area contributed by atoms with E-state index in [0.717, 1.165) is 5.69 Å². The Hall–Kier alpha value is -1.37. The number of hydrogen-bond acceptors (Lipinski definition) is 4. The fraction of sp³-hybridized carbons (Fsp3) is 0.333. The van der Waals surface area contributed by atoms with Crippen molar-refractivity contribution in [2.24, 2.45) is 11.1 Å². The molecule has 1 aliphatic carbocycles. The lowest BCUT2D eigenvalue weighted by molar-refractivity contribution is 0.597. The zero-order chi connectivity index (χ0) is 15.0. The molecule has 4 nitrogen and oxygen atoms in total. The first-order chi connectivity index (χ1) is 9.95. The average molecular weight is 322 g/mol. The predicted molar refractivity (Wildman–Crippen MR) is 86.0 cm³/mol. The highest BCUT2D eigenvalue weighted by molar-refractivity contribution is 7.89. The van der Waals surface area contributed by atoms with E-state index in [1.165, 1.54) is 17.7 Å². The molecule has 0 amide bonds. The van der Waals surface area contributed by atoms with Crippen molar-refractivity contribution in [2.45, 2.75) is 30.7 Å². The van der Waals surface area contributed by atoms with Crippen molar-refractivity contribution in [3.05, 3.63) is 46.2 Å². The third-order valence-electron chi connectivity index (χ3n) is 3.76. The lowest BCUT2D eigenvalue weighted by Gasteiger charge is -2.19. The van der Waals surface area contributed by atoms with Crippen LogP contribution in [0, 0.1) is 12.8 Å². The second-order valence-corrected chi connectivity index (χ2v) is 8.01. The molecular weight excluding hydrogens is 304 g/mol. The molecular formula is C15H18N2O2S2. The second kappa shape index (κ2) is 5.44. The minimum Gasteiger partial charge on any atom is -0.377 e. The highest BCUT2D eigenvalue weighted by Gasteiger charge is 2.33. The lowest BCUT2D eigenvalue weighted by atomic mass is 10.1. The summed E-state index contributed by atoms with van der Waals surface area (Å²) < 4.78 is 23.2. The van der Waals surface area contributed by atoms with Crippen LogP contribution in [0.1, 0.15) is 29.3 Å². The molecule has 1 saturated carbocycles. The van der Waals surface area contributed by atoms with Gasteiger partial charge in [0.05, 0.1) is 10.9 Å². The SMILES string of the molecule is Cc1ccc(NC(c2cccs2)C2CC2)cc1S(N)(=O)=O. The van der Waals surface area contributed by atoms with Gasteiger partial charge in [-0.2, -0.15) is 0 Å². The number of hydrogen-bond donors (Lipinski definition) is 2. The third kappa shape index (κ3) is 3.28. The van der Waals surface area contributed by atoms with Gasteiger partial charge in [-0.05, 0) is 54.8 Å². The Labute approximate surface area is 129 Å². The first-order valence-electron chi connectivity index (χ1n) is 6.88. The van der Waals surface area contributed by atoms with Gasteiger partial charge < -0.3 is 5.32 Å². The fourth-order valence-electron chi connectivity index (χ4n) is 2.50. The summed E-state index contributed by atoms with van der Waals surface area (Å²) in [5.74, 6) is 0.628. The molecule has 21 heavy (non-hydrogen) atoms. The van der Waals surface area contributed by atoms with E-state index in [0.29, 0.717) is 11.5 Å². The summed E-state index contributed by atoms with van der Waals surface area (Å²) in [5.41, 5.74) is 1.47. The van der Waals surface area contributed by atoms with Crippen LogP contribution in [0.15, 0.2) is 40.6 Å². The number of nitrogens with one attached hydrogen (secondary N) is 1. The Morgan fingerprint density at radius 2 is 2.10 bits per heavy atom. The van der Waals surface area contributed by atoms with E-state index >= 15 is 0 Å². The van der Waals surface area contributed by atoms with Crippen molar-refractivity contribution < 1.29 is 8.42 Å². The zero-order valence-electron chi connectivity index (χ0n) is 11.7. The Kier molecular flexibility index (Phi) is 3.77. The first kappa shape index (κ1) is 14.6. The summed E-state index contributed by atoms with van der Waals surface area (Å²) in [5, 5.41) is 10.8. The molecule has 112 valence electrons. The van der Waals surface area contributed by atoms with Crippen LogP contribution < -0.4 is 10.5 Å². The molecule has 0 saturated heterocycles. The normalized spacial score (nSPS) is 16.7. The summed E-state index contributed by atoms with van der Waals surface area (Å²) in [6.45, 7) is 1.75. The van der Waals surface area contributed by atoms with Gasteiger partial charge in [0.2, 0.25) is 10.0 Å². The average Bonchev–Trinajstić information content (AvgIpc) is 3.11. The van der Waals surface area contributed by atoms with E-state index in [9.17, 15) is 8.42 Å². The van der Waals surface area contributed by atoms with E-state index in [2.05, 4.69) is 16.8 Å². The highest BCUT2D eigenvalue weighted by atomic mass is 32.2. The van der Waals surface area contributed by atoms with Crippen LogP contribution in [0.4, 0.5) is 5.69 Å². The van der Waals surface area contributed by atoms with Gasteiger partial charge in [-0.1, -0.05) is 12.1 Å². The molecule has 3 rings (SSSR count). The fourth-order valence-corrected chi connectivity index (χ4v) is 4.17. The Bertz CT molecular complexity index is 735. The number of rotatable bonds is 5. The van der Waals surface area contributed by atoms with Gasteiger partial charge in [0.25, 0.3) is 0 Å². The van der Waals surface area contributed by atoms with Gasteiger partial charge in [0.1, 0.15) is 0 Å². The number of aryl methyl sites for hydroxylation is 1. The molecule has 1 heterocycles. The van der Waals surface area contributed by atoms with E-state index in [-0.39, 0.29) is 10.9 Å². The van der Waals surface area contributed by atoms with Gasteiger partial charge in [0.15, 0.2) is 0 Å². The van der Waals surface area contributed by atoms with Gasteiger partial charge in [0, 0.05) is 10.6 Å². The van der Waals surface area contributed by atoms with Gasteiger partial charge in [-0.15, -0.1) is 11.3 Å². The van der Waals surface area contributed by atoms with Gasteiger partial charge in [-0.3, -0.25) is 0 Å². The quantitative estimate of drug-likeness (QED) is 0.887. The summed E-state index contributed by atoms with van der Waals surface area (Å²) >= 11 is 1.73. The van der Waals surface area contributed by atoms with Crippen molar-refractivity contribution in [1.82, 2.24) is 0 Å². The second-order valence-electron chi connectivity index (χ2n) is 5.50. The van der Waals surface area contributed by atoms with Crippen LogP contribution in [0.25, 0.3) is 0 Å². The van der Waals surface area contributed by atoms with Crippen LogP contribution in [-0.2, 0) is 10.0 Å². The van der Waals surface area contributed by atoms with Crippen molar-refractivity contribution in [3.8, 4) is 0 Å². The predicted octanol–water partition coefficient (Wildman–Crippen LogP) is 3.27. The largest absolute Gasteiger partial charge is 0.377 e. The first-order valence-corrected chi connectivity index (χ1v) is 9.31. The van der Waals surface area contributed by atoms with Gasteiger partial charge >= 0.3 is 0 Å². The molecule has 3 N–H and O–H groups in total. The minimum absolute atomic E-state index is 0.188. The van der Waals surface area contributed by atoms with E-state index in [1.54, 1.807) is 30.4 Å². The molecule has 0 radical (unpaired) electrons. The number of benzene rings is 1. The maximum absolute atomic E-state index is 11.6. The maximum Gasteiger partial charge on any atom is 0.238 e. The third-order valence-corrected chi connectivity index (χ3v) is 5.77. The Morgan fingerprint density at radius 3 is 2.67 bits per heavy atom. The topological polar surface area (TPSA) is 72.2 Å². The number of thiophene rings is 1. The molecule has 6 heteroatoms. The minimum atomic E-state index is -3.69. The standard InChI is InChI=1S/C15H18N2O2S2/c1-10-4-7-12(9-14(10)21(16,18)19)17-15(11-5-6-11)13-3-2-8-20-13/h2-4,7-9,11,15,17H,5-6H2,1H3,(H2,16,18,19). The zero-order valence-corrected chi connectivity index (χ0v) is 13.4. The van der Waals surface area contributed by atoms with Crippen LogP contribution in [-0.4, -0.2) is 8.42 Å². The van der Waals surface area contributed by atoms with Crippen molar-refractivity contribution in [2.75, 3.05) is 5.32 Å². The highest BCUT2D eigenvalue weighted by Crippen LogP contribution is 2.44. The Morgan fingerprint density at radius 1 is 1.33 bits per heavy atom. The van der Waals surface area contributed by atoms with Crippen LogP contribution in [0.2, 0.25) is 0 Å². The maximum atomic E-state index is 11.6. The molecule has 0 aliphatic heterocycles. The summed E-state index contributed by atoms with van der Waals surface area (Å²) in [6, 6.07) is 9.75. The molecule has 1 fully saturated rings. The van der Waals surface area contributed by atoms with Crippen molar-refractivity contribution in [3.63, 3.8) is 0 Å². The van der Waals surface area contributed by atoms with Crippen LogP contribution in [0.5, 0.6) is 0 Å². The van der Waals surface area contributed by atoms with Gasteiger partial charge in [-0.25, -0.2) is 13.6 Å². The smallest absolute Gasteiger partial charge is 0.238 e. The van der Waals surface area contributed by atoms with Crippen LogP contribution >= 0.6 is 11.3 Å². The van der Waals surface area contributed by atoms with Crippen LogP contribution in [0.3, 0.4) is 0 Å². The number of sulfonamides is 1. The molecule has 0 bridgehead atoms. The molecule has 1 aromatic carbocycles. The number of anilines is 1. The summed E-state index contributed by atoms with van der Waals surface area (Å²) in [6.07, 6.45) is 2.42.